The van der Waals surface area contributed by atoms with Crippen molar-refractivity contribution in [2.24, 2.45) is 5.41 Å². The SMILES string of the molecule is COc1ccccc1CNC(=O)C(C)(C)C(=O)Nc1ccc2c(c1)OCO2. The monoisotopic (exact) mass is 370 g/mol. The third-order valence-electron chi connectivity index (χ3n) is 4.40. The zero-order chi connectivity index (χ0) is 19.4. The maximum Gasteiger partial charge on any atom is 0.239 e. The van der Waals surface area contributed by atoms with E-state index in [0.717, 1.165) is 5.56 Å². The van der Waals surface area contributed by atoms with Gasteiger partial charge in [0.25, 0.3) is 0 Å². The maximum absolute atomic E-state index is 12.6. The number of nitrogens with one attached hydrogen (secondary N) is 2. The molecule has 2 amide bonds. The fourth-order valence-corrected chi connectivity index (χ4v) is 2.61. The Kier molecular flexibility index (Phi) is 5.21. The predicted molar refractivity (Wildman–Crippen MR) is 99.8 cm³/mol. The van der Waals surface area contributed by atoms with Crippen LogP contribution in [0.1, 0.15) is 19.4 Å². The molecule has 3 rings (SSSR count). The number of ether oxygens (including phenoxy) is 3. The van der Waals surface area contributed by atoms with E-state index >= 15 is 0 Å². The Morgan fingerprint density at radius 3 is 2.59 bits per heavy atom. The molecule has 1 heterocycles. The van der Waals surface area contributed by atoms with E-state index in [1.54, 1.807) is 39.2 Å². The molecule has 1 aliphatic heterocycles. The molecule has 0 unspecified atom stereocenters. The van der Waals surface area contributed by atoms with Crippen molar-refractivity contribution in [2.45, 2.75) is 20.4 Å². The first-order valence-corrected chi connectivity index (χ1v) is 8.53. The average molecular weight is 370 g/mol. The standard InChI is InChI=1S/C20H22N2O5/c1-20(2,18(23)21-11-13-6-4-5-7-15(13)25-3)19(24)22-14-8-9-16-17(10-14)27-12-26-16/h4-10H,11-12H2,1-3H3,(H,21,23)(H,22,24). The van der Waals surface area contributed by atoms with Crippen molar-refractivity contribution in [3.8, 4) is 17.2 Å². The highest BCUT2D eigenvalue weighted by Crippen LogP contribution is 2.34. The lowest BCUT2D eigenvalue weighted by molar-refractivity contribution is -0.138. The number of methoxy groups -OCH3 is 1. The van der Waals surface area contributed by atoms with Crippen LogP contribution in [0.4, 0.5) is 5.69 Å². The largest absolute Gasteiger partial charge is 0.496 e. The van der Waals surface area contributed by atoms with E-state index in [0.29, 0.717) is 22.9 Å². The number of hydrogen-bond donors (Lipinski definition) is 2. The van der Waals surface area contributed by atoms with Gasteiger partial charge in [-0.05, 0) is 32.0 Å². The summed E-state index contributed by atoms with van der Waals surface area (Å²) in [6.45, 7) is 3.58. The van der Waals surface area contributed by atoms with Crippen LogP contribution in [0, 0.1) is 5.41 Å². The molecular weight excluding hydrogens is 348 g/mol. The molecule has 0 saturated carbocycles. The fourth-order valence-electron chi connectivity index (χ4n) is 2.61. The summed E-state index contributed by atoms with van der Waals surface area (Å²) in [6, 6.07) is 12.5. The number of anilines is 1. The molecule has 1 aliphatic rings. The number of rotatable bonds is 6. The molecule has 2 aromatic carbocycles. The summed E-state index contributed by atoms with van der Waals surface area (Å²) in [5.74, 6) is 1.07. The van der Waals surface area contributed by atoms with Crippen molar-refractivity contribution in [2.75, 3.05) is 19.2 Å². The van der Waals surface area contributed by atoms with E-state index in [1.165, 1.54) is 0 Å². The van der Waals surface area contributed by atoms with Crippen LogP contribution in [-0.2, 0) is 16.1 Å². The molecular formula is C20H22N2O5. The third kappa shape index (κ3) is 3.97. The molecule has 0 aliphatic carbocycles. The fraction of sp³-hybridized carbons (Fsp3) is 0.300. The second kappa shape index (κ2) is 7.57. The minimum atomic E-state index is -1.27. The Morgan fingerprint density at radius 1 is 1.07 bits per heavy atom. The summed E-state index contributed by atoms with van der Waals surface area (Å²) < 4.78 is 15.8. The molecule has 0 radical (unpaired) electrons. The number of carbonyl (C=O) groups excluding carboxylic acids is 2. The Balaban J connectivity index is 1.63. The van der Waals surface area contributed by atoms with Gasteiger partial charge < -0.3 is 24.8 Å². The van der Waals surface area contributed by atoms with Gasteiger partial charge in [-0.2, -0.15) is 0 Å². The highest BCUT2D eigenvalue weighted by atomic mass is 16.7. The average Bonchev–Trinajstić information content (AvgIpc) is 3.13. The molecule has 0 bridgehead atoms. The van der Waals surface area contributed by atoms with Gasteiger partial charge in [-0.25, -0.2) is 0 Å². The van der Waals surface area contributed by atoms with Gasteiger partial charge in [-0.3, -0.25) is 9.59 Å². The van der Waals surface area contributed by atoms with Crippen molar-refractivity contribution in [1.82, 2.24) is 5.32 Å². The molecule has 2 aromatic rings. The molecule has 0 saturated heterocycles. The molecule has 142 valence electrons. The van der Waals surface area contributed by atoms with Crippen LogP contribution in [0.25, 0.3) is 0 Å². The van der Waals surface area contributed by atoms with Gasteiger partial charge in [0.1, 0.15) is 11.2 Å². The molecule has 0 atom stereocenters. The third-order valence-corrected chi connectivity index (χ3v) is 4.40. The predicted octanol–water partition coefficient (Wildman–Crippen LogP) is 2.71. The summed E-state index contributed by atoms with van der Waals surface area (Å²) in [5, 5.41) is 5.55. The normalized spacial score (nSPS) is 12.4. The summed E-state index contributed by atoms with van der Waals surface area (Å²) in [6.07, 6.45) is 0. The smallest absolute Gasteiger partial charge is 0.239 e. The Morgan fingerprint density at radius 2 is 1.81 bits per heavy atom. The van der Waals surface area contributed by atoms with Crippen molar-refractivity contribution in [3.63, 3.8) is 0 Å². The molecule has 2 N–H and O–H groups in total. The van der Waals surface area contributed by atoms with Crippen LogP contribution in [0.2, 0.25) is 0 Å². The van der Waals surface area contributed by atoms with E-state index in [4.69, 9.17) is 14.2 Å². The quantitative estimate of drug-likeness (QED) is 0.764. The van der Waals surface area contributed by atoms with Crippen molar-refractivity contribution in [1.29, 1.82) is 0 Å². The minimum Gasteiger partial charge on any atom is -0.496 e. The number of fused-ring (bicyclic) bond motifs is 1. The van der Waals surface area contributed by atoms with Crippen LogP contribution in [0.3, 0.4) is 0 Å². The summed E-state index contributed by atoms with van der Waals surface area (Å²) >= 11 is 0. The summed E-state index contributed by atoms with van der Waals surface area (Å²) in [7, 11) is 1.57. The Hall–Kier alpha value is -3.22. The lowest BCUT2D eigenvalue weighted by Crippen LogP contribution is -2.44. The van der Waals surface area contributed by atoms with Gasteiger partial charge in [-0.1, -0.05) is 18.2 Å². The Labute approximate surface area is 157 Å². The van der Waals surface area contributed by atoms with Crippen LogP contribution in [0.5, 0.6) is 17.2 Å². The second-order valence-electron chi connectivity index (χ2n) is 6.64. The highest BCUT2D eigenvalue weighted by molar-refractivity contribution is 6.09. The highest BCUT2D eigenvalue weighted by Gasteiger charge is 2.36. The van der Waals surface area contributed by atoms with Crippen LogP contribution < -0.4 is 24.8 Å². The van der Waals surface area contributed by atoms with E-state index in [-0.39, 0.29) is 19.2 Å². The van der Waals surface area contributed by atoms with E-state index < -0.39 is 11.3 Å². The van der Waals surface area contributed by atoms with Crippen LogP contribution >= 0.6 is 0 Å². The van der Waals surface area contributed by atoms with Gasteiger partial charge in [0.15, 0.2) is 11.5 Å². The number of hydrogen-bond acceptors (Lipinski definition) is 5. The van der Waals surface area contributed by atoms with Gasteiger partial charge in [0.2, 0.25) is 18.6 Å². The first-order valence-electron chi connectivity index (χ1n) is 8.53. The topological polar surface area (TPSA) is 85.9 Å². The lowest BCUT2D eigenvalue weighted by atomic mass is 9.90. The van der Waals surface area contributed by atoms with Crippen molar-refractivity contribution in [3.05, 3.63) is 48.0 Å². The number of benzene rings is 2. The molecule has 0 spiro atoms. The summed E-state index contributed by atoms with van der Waals surface area (Å²) in [4.78, 5) is 25.2. The zero-order valence-corrected chi connectivity index (χ0v) is 15.5. The zero-order valence-electron chi connectivity index (χ0n) is 15.5. The van der Waals surface area contributed by atoms with E-state index in [9.17, 15) is 9.59 Å². The van der Waals surface area contributed by atoms with E-state index in [2.05, 4.69) is 10.6 Å². The van der Waals surface area contributed by atoms with Gasteiger partial charge >= 0.3 is 0 Å². The first kappa shape index (κ1) is 18.6. The van der Waals surface area contributed by atoms with Gasteiger partial charge in [0, 0.05) is 23.9 Å². The van der Waals surface area contributed by atoms with Gasteiger partial charge in [-0.15, -0.1) is 0 Å². The number of para-hydroxylation sites is 1. The maximum atomic E-state index is 12.6. The van der Waals surface area contributed by atoms with Crippen molar-refractivity contribution >= 4 is 17.5 Å². The Bertz CT molecular complexity index is 863. The molecule has 27 heavy (non-hydrogen) atoms. The van der Waals surface area contributed by atoms with Gasteiger partial charge in [0.05, 0.1) is 7.11 Å². The molecule has 0 aromatic heterocycles. The second-order valence-corrected chi connectivity index (χ2v) is 6.64. The van der Waals surface area contributed by atoms with Crippen LogP contribution in [-0.4, -0.2) is 25.7 Å². The number of carbonyl (C=O) groups is 2. The number of amides is 2. The van der Waals surface area contributed by atoms with E-state index in [1.807, 2.05) is 24.3 Å². The first-order chi connectivity index (χ1) is 12.9. The molecule has 0 fully saturated rings. The van der Waals surface area contributed by atoms with Crippen molar-refractivity contribution < 1.29 is 23.8 Å². The molecule has 7 heteroatoms. The lowest BCUT2D eigenvalue weighted by Gasteiger charge is -2.23. The van der Waals surface area contributed by atoms with Crippen LogP contribution in [0.15, 0.2) is 42.5 Å². The molecule has 7 nitrogen and oxygen atoms in total. The minimum absolute atomic E-state index is 0.156. The summed E-state index contributed by atoms with van der Waals surface area (Å²) in [5.41, 5.74) is 0.105.